The van der Waals surface area contributed by atoms with Crippen molar-refractivity contribution in [2.75, 3.05) is 6.61 Å². The van der Waals surface area contributed by atoms with Gasteiger partial charge in [0.2, 0.25) is 0 Å². The van der Waals surface area contributed by atoms with E-state index in [-0.39, 0.29) is 0 Å². The van der Waals surface area contributed by atoms with Crippen LogP contribution in [0.1, 0.15) is 20.3 Å². The van der Waals surface area contributed by atoms with Crippen LogP contribution in [0.15, 0.2) is 30.5 Å². The Hall–Kier alpha value is -1.88. The smallest absolute Gasteiger partial charge is 0.359 e. The Labute approximate surface area is 105 Å². The number of nitrogens with zero attached hydrogens (tertiary/aromatic N) is 2. The summed E-state index contributed by atoms with van der Waals surface area (Å²) in [4.78, 5) is 11.6. The Morgan fingerprint density at radius 3 is 2.78 bits per heavy atom. The normalized spacial score (nSPS) is 14.6. The number of aliphatic carboxylic acids is 1. The van der Waals surface area contributed by atoms with Crippen molar-refractivity contribution in [2.45, 2.75) is 26.0 Å². The largest absolute Gasteiger partial charge is 0.478 e. The fourth-order valence-corrected chi connectivity index (χ4v) is 2.11. The van der Waals surface area contributed by atoms with Crippen LogP contribution in [-0.2, 0) is 15.3 Å². The Kier molecular flexibility index (Phi) is 3.34. The Morgan fingerprint density at radius 2 is 2.17 bits per heavy atom. The number of hydrogen-bond donors (Lipinski definition) is 1. The van der Waals surface area contributed by atoms with Gasteiger partial charge < -0.3 is 9.84 Å². The molecule has 0 amide bonds. The van der Waals surface area contributed by atoms with Crippen LogP contribution in [0, 0.1) is 0 Å². The first-order valence-corrected chi connectivity index (χ1v) is 5.96. The summed E-state index contributed by atoms with van der Waals surface area (Å²) in [6.45, 7) is 3.87. The van der Waals surface area contributed by atoms with Gasteiger partial charge in [0.1, 0.15) is 0 Å². The monoisotopic (exact) mass is 248 g/mol. The first-order valence-electron chi connectivity index (χ1n) is 5.96. The molecular weight excluding hydrogens is 232 g/mol. The van der Waals surface area contributed by atoms with Crippen LogP contribution in [0.5, 0.6) is 0 Å². The Morgan fingerprint density at radius 1 is 1.44 bits per heavy atom. The van der Waals surface area contributed by atoms with Crippen LogP contribution in [-0.4, -0.2) is 27.5 Å². The zero-order valence-corrected chi connectivity index (χ0v) is 10.5. The minimum Gasteiger partial charge on any atom is -0.478 e. The molecule has 1 unspecified atom stereocenters. The van der Waals surface area contributed by atoms with Crippen molar-refractivity contribution in [3.05, 3.63) is 30.5 Å². The summed E-state index contributed by atoms with van der Waals surface area (Å²) >= 11 is 0. The van der Waals surface area contributed by atoms with Crippen molar-refractivity contribution < 1.29 is 14.6 Å². The quantitative estimate of drug-likeness (QED) is 0.881. The van der Waals surface area contributed by atoms with E-state index in [1.807, 2.05) is 24.3 Å². The summed E-state index contributed by atoms with van der Waals surface area (Å²) in [6.07, 6.45) is 1.96. The molecule has 0 spiro atoms. The van der Waals surface area contributed by atoms with E-state index in [2.05, 4.69) is 5.10 Å². The van der Waals surface area contributed by atoms with Crippen LogP contribution in [0.3, 0.4) is 0 Å². The van der Waals surface area contributed by atoms with E-state index >= 15 is 0 Å². The Balaban J connectivity index is 2.64. The molecule has 0 aliphatic rings. The van der Waals surface area contributed by atoms with E-state index in [1.165, 1.54) is 4.68 Å². The predicted octanol–water partition coefficient (Wildman–Crippen LogP) is 2.22. The standard InChI is InChI=1S/C13H16N2O3/c1-3-13(12(16)17,18-4-2)15-11-8-6-5-7-10(11)9-14-15/h5-9H,3-4H2,1-2H3,(H,16,17). The molecule has 0 aliphatic carbocycles. The molecule has 0 saturated carbocycles. The lowest BCUT2D eigenvalue weighted by Gasteiger charge is -2.28. The second-order valence-electron chi connectivity index (χ2n) is 3.99. The number of para-hydroxylation sites is 1. The molecule has 0 radical (unpaired) electrons. The first kappa shape index (κ1) is 12.6. The van der Waals surface area contributed by atoms with Crippen molar-refractivity contribution in [3.8, 4) is 0 Å². The van der Waals surface area contributed by atoms with Gasteiger partial charge in [-0.25, -0.2) is 9.48 Å². The first-order chi connectivity index (χ1) is 8.65. The molecule has 2 rings (SSSR count). The third kappa shape index (κ3) is 1.76. The maximum absolute atomic E-state index is 11.6. The number of benzene rings is 1. The number of carboxylic acids is 1. The summed E-state index contributed by atoms with van der Waals surface area (Å²) in [5, 5.41) is 14.6. The predicted molar refractivity (Wildman–Crippen MR) is 67.3 cm³/mol. The highest BCUT2D eigenvalue weighted by Gasteiger charge is 2.41. The molecule has 2 aromatic rings. The second kappa shape index (κ2) is 4.78. The molecule has 1 heterocycles. The minimum absolute atomic E-state index is 0.307. The lowest BCUT2D eigenvalue weighted by atomic mass is 10.1. The van der Waals surface area contributed by atoms with Crippen LogP contribution in [0.4, 0.5) is 0 Å². The van der Waals surface area contributed by atoms with Crippen molar-refractivity contribution in [2.24, 2.45) is 0 Å². The van der Waals surface area contributed by atoms with E-state index in [0.717, 1.165) is 10.9 Å². The summed E-state index contributed by atoms with van der Waals surface area (Å²) < 4.78 is 6.95. The van der Waals surface area contributed by atoms with E-state index in [4.69, 9.17) is 4.74 Å². The van der Waals surface area contributed by atoms with Gasteiger partial charge in [-0.1, -0.05) is 25.1 Å². The molecular formula is C13H16N2O3. The second-order valence-corrected chi connectivity index (χ2v) is 3.99. The van der Waals surface area contributed by atoms with Crippen molar-refractivity contribution in [1.29, 1.82) is 0 Å². The zero-order chi connectivity index (χ0) is 13.2. The molecule has 0 aliphatic heterocycles. The molecule has 1 atom stereocenters. The number of fused-ring (bicyclic) bond motifs is 1. The minimum atomic E-state index is -1.43. The molecule has 18 heavy (non-hydrogen) atoms. The number of ether oxygens (including phenoxy) is 1. The molecule has 1 aromatic carbocycles. The van der Waals surface area contributed by atoms with Gasteiger partial charge in [0, 0.05) is 18.4 Å². The van der Waals surface area contributed by atoms with Crippen molar-refractivity contribution in [1.82, 2.24) is 9.78 Å². The fraction of sp³-hybridized carbons (Fsp3) is 0.385. The average molecular weight is 248 g/mol. The summed E-state index contributed by atoms with van der Waals surface area (Å²) in [7, 11) is 0. The molecule has 5 heteroatoms. The van der Waals surface area contributed by atoms with E-state index < -0.39 is 11.7 Å². The van der Waals surface area contributed by atoms with Gasteiger partial charge >= 0.3 is 5.97 Å². The van der Waals surface area contributed by atoms with Gasteiger partial charge in [0.15, 0.2) is 0 Å². The third-order valence-electron chi connectivity index (χ3n) is 3.02. The van der Waals surface area contributed by atoms with Gasteiger partial charge in [0.25, 0.3) is 5.72 Å². The Bertz CT molecular complexity index is 564. The maximum atomic E-state index is 11.6. The van der Waals surface area contributed by atoms with E-state index in [0.29, 0.717) is 13.0 Å². The highest BCUT2D eigenvalue weighted by atomic mass is 16.5. The topological polar surface area (TPSA) is 64.3 Å². The van der Waals surface area contributed by atoms with Gasteiger partial charge in [0.05, 0.1) is 11.7 Å². The highest BCUT2D eigenvalue weighted by Crippen LogP contribution is 2.27. The molecule has 0 fully saturated rings. The van der Waals surface area contributed by atoms with Crippen molar-refractivity contribution >= 4 is 16.9 Å². The molecule has 1 N–H and O–H groups in total. The lowest BCUT2D eigenvalue weighted by molar-refractivity contribution is -0.184. The summed E-state index contributed by atoms with van der Waals surface area (Å²) in [6, 6.07) is 7.49. The number of aromatic nitrogens is 2. The highest BCUT2D eigenvalue weighted by molar-refractivity contribution is 5.82. The summed E-state index contributed by atoms with van der Waals surface area (Å²) in [5.74, 6) is -1.03. The molecule has 1 aromatic heterocycles. The lowest BCUT2D eigenvalue weighted by Crippen LogP contribution is -2.44. The van der Waals surface area contributed by atoms with Crippen molar-refractivity contribution in [3.63, 3.8) is 0 Å². The van der Waals surface area contributed by atoms with Crippen LogP contribution in [0.25, 0.3) is 10.9 Å². The zero-order valence-electron chi connectivity index (χ0n) is 10.5. The van der Waals surface area contributed by atoms with Gasteiger partial charge in [-0.3, -0.25) is 0 Å². The van der Waals surface area contributed by atoms with E-state index in [1.54, 1.807) is 20.0 Å². The fourth-order valence-electron chi connectivity index (χ4n) is 2.11. The number of carbonyl (C=O) groups is 1. The molecule has 0 saturated heterocycles. The van der Waals surface area contributed by atoms with E-state index in [9.17, 15) is 9.90 Å². The van der Waals surface area contributed by atoms with Gasteiger partial charge in [-0.05, 0) is 13.0 Å². The number of hydrogen-bond acceptors (Lipinski definition) is 3. The number of carboxylic acid groups (broad SMARTS) is 1. The molecule has 0 bridgehead atoms. The van der Waals surface area contributed by atoms with Gasteiger partial charge in [-0.15, -0.1) is 0 Å². The summed E-state index contributed by atoms with van der Waals surface area (Å²) in [5.41, 5.74) is -0.673. The van der Waals surface area contributed by atoms with Crippen LogP contribution in [0.2, 0.25) is 0 Å². The third-order valence-corrected chi connectivity index (χ3v) is 3.02. The number of rotatable bonds is 5. The molecule has 96 valence electrons. The van der Waals surface area contributed by atoms with Crippen LogP contribution >= 0.6 is 0 Å². The van der Waals surface area contributed by atoms with Gasteiger partial charge in [-0.2, -0.15) is 5.10 Å². The maximum Gasteiger partial charge on any atom is 0.359 e. The van der Waals surface area contributed by atoms with Crippen LogP contribution < -0.4 is 0 Å². The molecule has 5 nitrogen and oxygen atoms in total. The average Bonchev–Trinajstić information content (AvgIpc) is 2.80. The SMILES string of the molecule is CCOC(CC)(C(=O)O)n1ncc2ccccc21.